The minimum absolute atomic E-state index is 0.603. The summed E-state index contributed by atoms with van der Waals surface area (Å²) in [6.07, 6.45) is 0. The van der Waals surface area contributed by atoms with Crippen molar-refractivity contribution in [3.05, 3.63) is 30.3 Å². The summed E-state index contributed by atoms with van der Waals surface area (Å²) in [5.74, 6) is 0. The fourth-order valence-electron chi connectivity index (χ4n) is 0.578. The SMILES string of the molecule is C[O][Sn][S]c1ccccc1. The van der Waals surface area contributed by atoms with Crippen molar-refractivity contribution in [1.82, 2.24) is 0 Å². The van der Waals surface area contributed by atoms with E-state index in [1.807, 2.05) is 15.0 Å². The zero-order valence-corrected chi connectivity index (χ0v) is 9.37. The van der Waals surface area contributed by atoms with Crippen LogP contribution in [0.2, 0.25) is 0 Å². The van der Waals surface area contributed by atoms with Crippen LogP contribution >= 0.6 is 8.95 Å². The molecular weight excluding hydrogens is 251 g/mol. The fourth-order valence-corrected chi connectivity index (χ4v) is 3.75. The fraction of sp³-hybridized carbons (Fsp3) is 0.143. The predicted octanol–water partition coefficient (Wildman–Crippen LogP) is 1.96. The molecular formula is C7H8OSSn. The Morgan fingerprint density at radius 2 is 2.00 bits per heavy atom. The summed E-state index contributed by atoms with van der Waals surface area (Å²) in [4.78, 5) is 1.33. The molecule has 2 radical (unpaired) electrons. The van der Waals surface area contributed by atoms with Crippen LogP contribution in [0.4, 0.5) is 0 Å². The first-order chi connectivity index (χ1) is 4.93. The van der Waals surface area contributed by atoms with Crippen molar-refractivity contribution in [3.63, 3.8) is 0 Å². The number of rotatable bonds is 3. The van der Waals surface area contributed by atoms with Crippen LogP contribution < -0.4 is 0 Å². The molecule has 0 aliphatic rings. The summed E-state index contributed by atoms with van der Waals surface area (Å²) < 4.78 is 5.08. The summed E-state index contributed by atoms with van der Waals surface area (Å²) in [7, 11) is 3.65. The maximum absolute atomic E-state index is 5.08. The maximum atomic E-state index is 5.08. The Kier molecular flexibility index (Phi) is 4.25. The third-order valence-electron chi connectivity index (χ3n) is 0.986. The van der Waals surface area contributed by atoms with Crippen LogP contribution in [0.3, 0.4) is 0 Å². The molecule has 3 heteroatoms. The molecule has 10 heavy (non-hydrogen) atoms. The summed E-state index contributed by atoms with van der Waals surface area (Å²) >= 11 is -0.603. The molecule has 0 unspecified atom stereocenters. The predicted molar refractivity (Wildman–Crippen MR) is 45.1 cm³/mol. The molecule has 0 saturated carbocycles. The Bertz CT molecular complexity index is 178. The van der Waals surface area contributed by atoms with Crippen LogP contribution in [-0.4, -0.2) is 27.3 Å². The van der Waals surface area contributed by atoms with E-state index < -0.39 is 20.2 Å². The topological polar surface area (TPSA) is 9.23 Å². The van der Waals surface area contributed by atoms with E-state index in [0.717, 1.165) is 0 Å². The average molecular weight is 259 g/mol. The number of hydrogen-bond acceptors (Lipinski definition) is 2. The quantitative estimate of drug-likeness (QED) is 0.767. The van der Waals surface area contributed by atoms with Crippen LogP contribution in [0.15, 0.2) is 35.2 Å². The molecule has 0 aliphatic carbocycles. The van der Waals surface area contributed by atoms with Crippen LogP contribution in [-0.2, 0) is 3.07 Å². The molecule has 52 valence electrons. The molecule has 0 bridgehead atoms. The molecule has 0 amide bonds. The Morgan fingerprint density at radius 1 is 1.30 bits per heavy atom. The third-order valence-corrected chi connectivity index (χ3v) is 5.90. The van der Waals surface area contributed by atoms with Gasteiger partial charge in [-0.1, -0.05) is 0 Å². The molecule has 0 heterocycles. The van der Waals surface area contributed by atoms with Crippen molar-refractivity contribution in [2.24, 2.45) is 0 Å². The van der Waals surface area contributed by atoms with Crippen LogP contribution in [0.1, 0.15) is 0 Å². The van der Waals surface area contributed by atoms with Gasteiger partial charge in [0.1, 0.15) is 0 Å². The second-order valence-corrected chi connectivity index (χ2v) is 6.88. The number of hydrogen-bond donors (Lipinski definition) is 0. The van der Waals surface area contributed by atoms with Gasteiger partial charge in [0, 0.05) is 0 Å². The molecule has 0 aromatic heterocycles. The van der Waals surface area contributed by atoms with Gasteiger partial charge in [-0.25, -0.2) is 0 Å². The van der Waals surface area contributed by atoms with E-state index in [1.165, 1.54) is 4.90 Å². The van der Waals surface area contributed by atoms with Crippen molar-refractivity contribution in [1.29, 1.82) is 0 Å². The minimum atomic E-state index is -0.603. The monoisotopic (exact) mass is 260 g/mol. The van der Waals surface area contributed by atoms with Gasteiger partial charge in [0.2, 0.25) is 0 Å². The molecule has 1 aromatic rings. The molecule has 0 fully saturated rings. The van der Waals surface area contributed by atoms with Crippen LogP contribution in [0.5, 0.6) is 0 Å². The standard InChI is InChI=1S/C6H6S.CH3O.Sn/c7-6-4-2-1-3-5-6;1-2;/h1-5,7H;1H3;/q;-1;+2/p-1. The van der Waals surface area contributed by atoms with Crippen molar-refractivity contribution >= 4 is 29.1 Å². The normalized spacial score (nSPS) is 9.70. The first kappa shape index (κ1) is 8.43. The summed E-state index contributed by atoms with van der Waals surface area (Å²) in [6.45, 7) is 0. The molecule has 0 N–H and O–H groups in total. The van der Waals surface area contributed by atoms with Gasteiger partial charge in [-0.2, -0.15) is 0 Å². The summed E-state index contributed by atoms with van der Waals surface area (Å²) in [5, 5.41) is 0. The molecule has 0 saturated heterocycles. The van der Waals surface area contributed by atoms with Crippen molar-refractivity contribution in [2.75, 3.05) is 7.11 Å². The van der Waals surface area contributed by atoms with Crippen molar-refractivity contribution in [3.8, 4) is 0 Å². The van der Waals surface area contributed by atoms with Crippen molar-refractivity contribution < 1.29 is 3.07 Å². The molecule has 0 spiro atoms. The van der Waals surface area contributed by atoms with E-state index >= 15 is 0 Å². The van der Waals surface area contributed by atoms with Gasteiger partial charge < -0.3 is 0 Å². The zero-order chi connectivity index (χ0) is 7.23. The second kappa shape index (κ2) is 5.04. The van der Waals surface area contributed by atoms with E-state index in [9.17, 15) is 0 Å². The van der Waals surface area contributed by atoms with Gasteiger partial charge in [0.25, 0.3) is 0 Å². The molecule has 0 atom stereocenters. The van der Waals surface area contributed by atoms with Gasteiger partial charge in [0.05, 0.1) is 0 Å². The zero-order valence-electron chi connectivity index (χ0n) is 5.70. The van der Waals surface area contributed by atoms with Gasteiger partial charge in [-0.05, 0) is 0 Å². The Morgan fingerprint density at radius 3 is 2.60 bits per heavy atom. The van der Waals surface area contributed by atoms with Crippen LogP contribution in [0, 0.1) is 0 Å². The summed E-state index contributed by atoms with van der Waals surface area (Å²) in [6, 6.07) is 10.4. The Hall–Kier alpha value is 0.329. The van der Waals surface area contributed by atoms with Crippen LogP contribution in [0.25, 0.3) is 0 Å². The van der Waals surface area contributed by atoms with E-state index in [2.05, 4.69) is 24.3 Å². The van der Waals surface area contributed by atoms with Crippen molar-refractivity contribution in [2.45, 2.75) is 4.90 Å². The van der Waals surface area contributed by atoms with Gasteiger partial charge in [0.15, 0.2) is 0 Å². The van der Waals surface area contributed by atoms with E-state index in [4.69, 9.17) is 3.07 Å². The number of benzene rings is 1. The van der Waals surface area contributed by atoms with E-state index in [1.54, 1.807) is 7.11 Å². The van der Waals surface area contributed by atoms with E-state index in [0.29, 0.717) is 0 Å². The third kappa shape index (κ3) is 2.94. The Balaban J connectivity index is 2.43. The molecule has 0 aliphatic heterocycles. The van der Waals surface area contributed by atoms with Gasteiger partial charge in [-0.15, -0.1) is 0 Å². The van der Waals surface area contributed by atoms with E-state index in [-0.39, 0.29) is 0 Å². The Labute approximate surface area is 74.4 Å². The average Bonchev–Trinajstić information content (AvgIpc) is 2.03. The summed E-state index contributed by atoms with van der Waals surface area (Å²) in [5.41, 5.74) is 0. The second-order valence-electron chi connectivity index (χ2n) is 1.70. The van der Waals surface area contributed by atoms with Gasteiger partial charge in [-0.3, -0.25) is 0 Å². The first-order valence-corrected chi connectivity index (χ1v) is 8.41. The molecule has 1 nitrogen and oxygen atoms in total. The molecule has 1 rings (SSSR count). The van der Waals surface area contributed by atoms with Gasteiger partial charge >= 0.3 is 74.5 Å². The first-order valence-electron chi connectivity index (χ1n) is 2.93. The molecule has 1 aromatic carbocycles.